The smallest absolute Gasteiger partial charge is 0.188 e. The summed E-state index contributed by atoms with van der Waals surface area (Å²) in [5.41, 5.74) is 5.89. The zero-order valence-corrected chi connectivity index (χ0v) is 8.42. The highest BCUT2D eigenvalue weighted by molar-refractivity contribution is 5.40. The Balaban J connectivity index is 2.84. The molecule has 0 heterocycles. The predicted octanol–water partition coefficient (Wildman–Crippen LogP) is 1.12. The van der Waals surface area contributed by atoms with Gasteiger partial charge in [0.1, 0.15) is 0 Å². The van der Waals surface area contributed by atoms with Gasteiger partial charge in [0, 0.05) is 12.7 Å². The number of methoxy groups -OCH3 is 1. The second-order valence-corrected chi connectivity index (χ2v) is 2.70. The largest absolute Gasteiger partial charge is 0.464 e. The Morgan fingerprint density at radius 2 is 2.27 bits per heavy atom. The van der Waals surface area contributed by atoms with Crippen molar-refractivity contribution < 1.29 is 13.9 Å². The van der Waals surface area contributed by atoms with Crippen LogP contribution < -0.4 is 10.5 Å². The third-order valence-electron chi connectivity index (χ3n) is 1.60. The van der Waals surface area contributed by atoms with Gasteiger partial charge in [0.25, 0.3) is 0 Å². The maximum atomic E-state index is 13.2. The summed E-state index contributed by atoms with van der Waals surface area (Å²) in [5.74, 6) is 5.15. The molecule has 0 aromatic heterocycles. The van der Waals surface area contributed by atoms with E-state index in [-0.39, 0.29) is 19.1 Å². The minimum atomic E-state index is -0.439. The van der Waals surface area contributed by atoms with Crippen molar-refractivity contribution in [3.8, 4) is 17.6 Å². The second kappa shape index (κ2) is 6.02. The number of halogens is 1. The van der Waals surface area contributed by atoms with Crippen LogP contribution in [-0.2, 0) is 4.74 Å². The van der Waals surface area contributed by atoms with Crippen LogP contribution in [0.3, 0.4) is 0 Å². The molecule has 1 aromatic carbocycles. The average Bonchev–Trinajstić information content (AvgIpc) is 2.26. The molecular weight excluding hydrogens is 197 g/mol. The summed E-state index contributed by atoms with van der Waals surface area (Å²) in [6.07, 6.45) is 0. The van der Waals surface area contributed by atoms with Gasteiger partial charge in [-0.2, -0.15) is 0 Å². The van der Waals surface area contributed by atoms with Crippen LogP contribution in [0.5, 0.6) is 5.75 Å². The minimum absolute atomic E-state index is 0.00465. The summed E-state index contributed by atoms with van der Waals surface area (Å²) in [5, 5.41) is 0. The average molecular weight is 209 g/mol. The Morgan fingerprint density at radius 1 is 1.47 bits per heavy atom. The van der Waals surface area contributed by atoms with E-state index in [0.717, 1.165) is 0 Å². The lowest BCUT2D eigenvalue weighted by atomic mass is 10.2. The fourth-order valence-electron chi connectivity index (χ4n) is 0.967. The van der Waals surface area contributed by atoms with Crippen LogP contribution in [0.1, 0.15) is 5.56 Å². The number of benzene rings is 1. The fourth-order valence-corrected chi connectivity index (χ4v) is 0.967. The number of hydrogen-bond donors (Lipinski definition) is 1. The van der Waals surface area contributed by atoms with Gasteiger partial charge < -0.3 is 15.2 Å². The summed E-state index contributed by atoms with van der Waals surface area (Å²) in [4.78, 5) is 0. The minimum Gasteiger partial charge on any atom is -0.464 e. The fraction of sp³-hybridized carbons (Fsp3) is 0.273. The number of hydrogen-bond acceptors (Lipinski definition) is 3. The first-order valence-corrected chi connectivity index (χ1v) is 4.38. The number of ether oxygens (including phenoxy) is 2. The number of rotatable bonds is 3. The van der Waals surface area contributed by atoms with Gasteiger partial charge in [0.2, 0.25) is 0 Å². The molecule has 0 amide bonds. The van der Waals surface area contributed by atoms with E-state index in [1.165, 1.54) is 19.2 Å². The molecule has 0 fully saturated rings. The van der Waals surface area contributed by atoms with E-state index in [1.54, 1.807) is 6.07 Å². The van der Waals surface area contributed by atoms with Crippen LogP contribution >= 0.6 is 0 Å². The van der Waals surface area contributed by atoms with Gasteiger partial charge in [-0.05, 0) is 18.2 Å². The van der Waals surface area contributed by atoms with Crippen LogP contribution in [0.4, 0.5) is 4.39 Å². The summed E-state index contributed by atoms with van der Waals surface area (Å²) in [6.45, 7) is 0.274. The lowest BCUT2D eigenvalue weighted by Gasteiger charge is -2.05. The first-order chi connectivity index (χ1) is 7.27. The molecule has 0 saturated heterocycles. The van der Waals surface area contributed by atoms with Crippen molar-refractivity contribution in [2.75, 3.05) is 20.4 Å². The van der Waals surface area contributed by atoms with Gasteiger partial charge >= 0.3 is 0 Å². The molecule has 15 heavy (non-hydrogen) atoms. The van der Waals surface area contributed by atoms with E-state index in [4.69, 9.17) is 10.5 Å². The molecule has 0 unspecified atom stereocenters. The lowest BCUT2D eigenvalue weighted by molar-refractivity contribution is 0.0483. The molecule has 0 radical (unpaired) electrons. The highest BCUT2D eigenvalue weighted by atomic mass is 19.1. The molecule has 0 bridgehead atoms. The van der Waals surface area contributed by atoms with Crippen LogP contribution in [-0.4, -0.2) is 20.4 Å². The molecule has 1 rings (SSSR count). The maximum Gasteiger partial charge on any atom is 0.188 e. The van der Waals surface area contributed by atoms with Crippen LogP contribution in [0.15, 0.2) is 18.2 Å². The first kappa shape index (κ1) is 11.5. The van der Waals surface area contributed by atoms with E-state index in [9.17, 15) is 4.39 Å². The third-order valence-corrected chi connectivity index (χ3v) is 1.60. The normalized spacial score (nSPS) is 9.27. The van der Waals surface area contributed by atoms with E-state index < -0.39 is 5.82 Å². The highest BCUT2D eigenvalue weighted by Crippen LogP contribution is 2.18. The monoisotopic (exact) mass is 209 g/mol. The Bertz CT molecular complexity index is 382. The Hall–Kier alpha value is -1.57. The van der Waals surface area contributed by atoms with Gasteiger partial charge in [0.05, 0.1) is 6.54 Å². The van der Waals surface area contributed by atoms with Crippen molar-refractivity contribution in [1.29, 1.82) is 0 Å². The Labute approximate surface area is 88.0 Å². The summed E-state index contributed by atoms with van der Waals surface area (Å²) < 4.78 is 22.8. The van der Waals surface area contributed by atoms with E-state index in [2.05, 4.69) is 16.6 Å². The maximum absolute atomic E-state index is 13.2. The van der Waals surface area contributed by atoms with Crippen molar-refractivity contribution in [2.24, 2.45) is 5.73 Å². The van der Waals surface area contributed by atoms with Crippen molar-refractivity contribution in [3.63, 3.8) is 0 Å². The third kappa shape index (κ3) is 3.58. The molecule has 4 heteroatoms. The highest BCUT2D eigenvalue weighted by Gasteiger charge is 2.03. The molecule has 80 valence electrons. The standard InChI is InChI=1S/C11H12FNO2/c1-14-8-15-11-7-9(3-2-6-13)4-5-10(11)12/h4-5,7H,6,8,13H2,1H3. The zero-order valence-electron chi connectivity index (χ0n) is 8.42. The quantitative estimate of drug-likeness (QED) is 0.599. The topological polar surface area (TPSA) is 44.5 Å². The van der Waals surface area contributed by atoms with Crippen molar-refractivity contribution in [3.05, 3.63) is 29.6 Å². The van der Waals surface area contributed by atoms with Crippen LogP contribution in [0.25, 0.3) is 0 Å². The molecule has 3 nitrogen and oxygen atoms in total. The molecule has 0 spiro atoms. The second-order valence-electron chi connectivity index (χ2n) is 2.70. The molecule has 0 saturated carbocycles. The summed E-state index contributed by atoms with van der Waals surface area (Å²) in [7, 11) is 1.47. The van der Waals surface area contributed by atoms with Gasteiger partial charge in [-0.25, -0.2) is 4.39 Å². The molecule has 2 N–H and O–H groups in total. The zero-order chi connectivity index (χ0) is 11.1. The predicted molar refractivity (Wildman–Crippen MR) is 54.8 cm³/mol. The Kier molecular flexibility index (Phi) is 4.61. The molecule has 0 aliphatic rings. The van der Waals surface area contributed by atoms with Gasteiger partial charge in [-0.3, -0.25) is 0 Å². The van der Waals surface area contributed by atoms with Crippen LogP contribution in [0.2, 0.25) is 0 Å². The van der Waals surface area contributed by atoms with Crippen molar-refractivity contribution >= 4 is 0 Å². The lowest BCUT2D eigenvalue weighted by Crippen LogP contribution is -2.01. The summed E-state index contributed by atoms with van der Waals surface area (Å²) in [6, 6.07) is 4.38. The van der Waals surface area contributed by atoms with E-state index >= 15 is 0 Å². The van der Waals surface area contributed by atoms with Gasteiger partial charge in [-0.15, -0.1) is 0 Å². The number of nitrogens with two attached hydrogens (primary N) is 1. The molecule has 0 aliphatic heterocycles. The molecule has 1 aromatic rings. The SMILES string of the molecule is COCOc1cc(C#CCN)ccc1F. The molecular formula is C11H12FNO2. The van der Waals surface area contributed by atoms with E-state index in [1.807, 2.05) is 0 Å². The van der Waals surface area contributed by atoms with Gasteiger partial charge in [-0.1, -0.05) is 11.8 Å². The summed E-state index contributed by atoms with van der Waals surface area (Å²) >= 11 is 0. The first-order valence-electron chi connectivity index (χ1n) is 4.38. The van der Waals surface area contributed by atoms with Crippen LogP contribution in [0, 0.1) is 17.7 Å². The van der Waals surface area contributed by atoms with Crippen molar-refractivity contribution in [1.82, 2.24) is 0 Å². The van der Waals surface area contributed by atoms with E-state index in [0.29, 0.717) is 5.56 Å². The Morgan fingerprint density at radius 3 is 2.93 bits per heavy atom. The molecule has 0 atom stereocenters. The molecule has 0 aliphatic carbocycles. The van der Waals surface area contributed by atoms with Crippen molar-refractivity contribution in [2.45, 2.75) is 0 Å². The van der Waals surface area contributed by atoms with Gasteiger partial charge in [0.15, 0.2) is 18.4 Å².